The molecule has 8 nitrogen and oxygen atoms in total. The van der Waals surface area contributed by atoms with Gasteiger partial charge >= 0.3 is 12.0 Å². The van der Waals surface area contributed by atoms with E-state index in [1.807, 2.05) is 6.92 Å². The van der Waals surface area contributed by atoms with Crippen LogP contribution in [0.1, 0.15) is 32.6 Å². The number of carboxylic acid groups (broad SMARTS) is 1. The van der Waals surface area contributed by atoms with Crippen LogP contribution in [0.5, 0.6) is 0 Å². The van der Waals surface area contributed by atoms with Gasteiger partial charge in [0.05, 0.1) is 6.61 Å². The van der Waals surface area contributed by atoms with Gasteiger partial charge in [-0.25, -0.2) is 9.59 Å². The number of amides is 3. The summed E-state index contributed by atoms with van der Waals surface area (Å²) in [6.45, 7) is 2.07. The number of nitrogens with two attached hydrogens (primary N) is 1. The molecular weight excluding hydrogens is 278 g/mol. The normalized spacial score (nSPS) is 25.1. The first-order chi connectivity index (χ1) is 9.85. The van der Waals surface area contributed by atoms with Gasteiger partial charge in [0.1, 0.15) is 12.1 Å². The summed E-state index contributed by atoms with van der Waals surface area (Å²) < 4.78 is 4.89. The van der Waals surface area contributed by atoms with E-state index < -0.39 is 23.4 Å². The molecule has 1 saturated carbocycles. The average Bonchev–Trinajstić information content (AvgIpc) is 2.37. The second kappa shape index (κ2) is 7.82. The molecule has 8 heteroatoms. The van der Waals surface area contributed by atoms with E-state index in [2.05, 4.69) is 10.6 Å². The predicted molar refractivity (Wildman–Crippen MR) is 74.5 cm³/mol. The largest absolute Gasteiger partial charge is 0.480 e. The van der Waals surface area contributed by atoms with Crippen molar-refractivity contribution >= 4 is 17.9 Å². The first-order valence-corrected chi connectivity index (χ1v) is 7.01. The molecule has 0 heterocycles. The molecule has 21 heavy (non-hydrogen) atoms. The summed E-state index contributed by atoms with van der Waals surface area (Å²) in [6, 6.07) is -0.547. The maximum Gasteiger partial charge on any atom is 0.329 e. The van der Waals surface area contributed by atoms with Crippen LogP contribution < -0.4 is 16.4 Å². The van der Waals surface area contributed by atoms with Crippen LogP contribution in [0.3, 0.4) is 0 Å². The highest BCUT2D eigenvalue weighted by molar-refractivity contribution is 5.86. The van der Waals surface area contributed by atoms with Crippen LogP contribution >= 0.6 is 0 Å². The number of hydrogen-bond donors (Lipinski definition) is 4. The SMILES string of the molecule is CC1CCCC(NC(=O)NCCOCC(N)=O)(C(=O)O)C1. The van der Waals surface area contributed by atoms with Crippen LogP contribution in [0.15, 0.2) is 0 Å². The molecule has 1 aliphatic rings. The van der Waals surface area contributed by atoms with Crippen molar-refractivity contribution in [3.05, 3.63) is 0 Å². The van der Waals surface area contributed by atoms with Gasteiger partial charge < -0.3 is 26.2 Å². The number of carbonyl (C=O) groups excluding carboxylic acids is 2. The van der Waals surface area contributed by atoms with E-state index >= 15 is 0 Å². The summed E-state index contributed by atoms with van der Waals surface area (Å²) in [4.78, 5) is 33.7. The Kier molecular flexibility index (Phi) is 6.41. The molecular formula is C13H23N3O5. The van der Waals surface area contributed by atoms with Gasteiger partial charge in [-0.3, -0.25) is 4.79 Å². The number of aliphatic carboxylic acids is 1. The number of hydrogen-bond acceptors (Lipinski definition) is 4. The van der Waals surface area contributed by atoms with Gasteiger partial charge in [-0.05, 0) is 18.8 Å². The molecule has 120 valence electrons. The highest BCUT2D eigenvalue weighted by Crippen LogP contribution is 2.32. The van der Waals surface area contributed by atoms with Crippen molar-refractivity contribution in [1.29, 1.82) is 0 Å². The van der Waals surface area contributed by atoms with E-state index in [-0.39, 0.29) is 25.7 Å². The van der Waals surface area contributed by atoms with E-state index in [9.17, 15) is 19.5 Å². The lowest BCUT2D eigenvalue weighted by Gasteiger charge is -2.36. The fraction of sp³-hybridized carbons (Fsp3) is 0.769. The third-order valence-electron chi connectivity index (χ3n) is 3.54. The molecule has 0 bridgehead atoms. The van der Waals surface area contributed by atoms with Crippen molar-refractivity contribution in [1.82, 2.24) is 10.6 Å². The zero-order chi connectivity index (χ0) is 15.9. The Hall–Kier alpha value is -1.83. The molecule has 5 N–H and O–H groups in total. The zero-order valence-corrected chi connectivity index (χ0v) is 12.2. The van der Waals surface area contributed by atoms with Gasteiger partial charge in [0.25, 0.3) is 0 Å². The summed E-state index contributed by atoms with van der Waals surface area (Å²) in [5.74, 6) is -1.33. The van der Waals surface area contributed by atoms with Gasteiger partial charge in [0, 0.05) is 6.54 Å². The Bertz CT molecular complexity index is 401. The number of urea groups is 1. The Balaban J connectivity index is 2.39. The first-order valence-electron chi connectivity index (χ1n) is 7.01. The van der Waals surface area contributed by atoms with E-state index in [1.54, 1.807) is 0 Å². The third-order valence-corrected chi connectivity index (χ3v) is 3.54. The van der Waals surface area contributed by atoms with Crippen molar-refractivity contribution in [2.75, 3.05) is 19.8 Å². The molecule has 3 amide bonds. The number of carbonyl (C=O) groups is 3. The van der Waals surface area contributed by atoms with Gasteiger partial charge in [0.2, 0.25) is 5.91 Å². The predicted octanol–water partition coefficient (Wildman–Crippen LogP) is -0.179. The van der Waals surface area contributed by atoms with Gasteiger partial charge in [0.15, 0.2) is 0 Å². The van der Waals surface area contributed by atoms with Crippen LogP contribution in [0.2, 0.25) is 0 Å². The van der Waals surface area contributed by atoms with Gasteiger partial charge in [-0.2, -0.15) is 0 Å². The summed E-state index contributed by atoms with van der Waals surface area (Å²) in [6.07, 6.45) is 2.60. The molecule has 0 aromatic heterocycles. The highest BCUT2D eigenvalue weighted by Gasteiger charge is 2.43. The Morgan fingerprint density at radius 2 is 2.14 bits per heavy atom. The average molecular weight is 301 g/mol. The third kappa shape index (κ3) is 5.58. The standard InChI is InChI=1S/C13H23N3O5/c1-9-3-2-4-13(7-9,11(18)19)16-12(20)15-5-6-21-8-10(14)17/h9H,2-8H2,1H3,(H2,14,17)(H,18,19)(H2,15,16,20). The molecule has 1 aliphatic carbocycles. The maximum atomic E-state index is 11.8. The number of primary amides is 1. The molecule has 2 atom stereocenters. The maximum absolute atomic E-state index is 11.8. The van der Waals surface area contributed by atoms with E-state index in [0.29, 0.717) is 12.8 Å². The minimum atomic E-state index is -1.20. The summed E-state index contributed by atoms with van der Waals surface area (Å²) in [7, 11) is 0. The smallest absolute Gasteiger partial charge is 0.329 e. The van der Waals surface area contributed by atoms with Crippen molar-refractivity contribution < 1.29 is 24.2 Å². The molecule has 0 aliphatic heterocycles. The zero-order valence-electron chi connectivity index (χ0n) is 12.2. The topological polar surface area (TPSA) is 131 Å². The Morgan fingerprint density at radius 3 is 2.71 bits per heavy atom. The Morgan fingerprint density at radius 1 is 1.43 bits per heavy atom. The molecule has 0 spiro atoms. The number of nitrogens with one attached hydrogen (secondary N) is 2. The quantitative estimate of drug-likeness (QED) is 0.484. The lowest BCUT2D eigenvalue weighted by atomic mass is 9.76. The van der Waals surface area contributed by atoms with Gasteiger partial charge in [-0.1, -0.05) is 19.8 Å². The molecule has 1 rings (SSSR count). The fourth-order valence-electron chi connectivity index (χ4n) is 2.58. The summed E-state index contributed by atoms with van der Waals surface area (Å²) >= 11 is 0. The minimum absolute atomic E-state index is 0.132. The molecule has 0 saturated heterocycles. The molecule has 2 unspecified atom stereocenters. The van der Waals surface area contributed by atoms with E-state index in [4.69, 9.17) is 10.5 Å². The number of ether oxygens (including phenoxy) is 1. The van der Waals surface area contributed by atoms with E-state index in [0.717, 1.165) is 12.8 Å². The van der Waals surface area contributed by atoms with Crippen LogP contribution in [-0.4, -0.2) is 48.3 Å². The van der Waals surface area contributed by atoms with Crippen LogP contribution in [0.4, 0.5) is 4.79 Å². The van der Waals surface area contributed by atoms with E-state index in [1.165, 1.54) is 0 Å². The van der Waals surface area contributed by atoms with Gasteiger partial charge in [-0.15, -0.1) is 0 Å². The first kappa shape index (κ1) is 17.2. The minimum Gasteiger partial charge on any atom is -0.480 e. The molecule has 1 fully saturated rings. The fourth-order valence-corrected chi connectivity index (χ4v) is 2.58. The van der Waals surface area contributed by atoms with Crippen LogP contribution in [0.25, 0.3) is 0 Å². The van der Waals surface area contributed by atoms with Crippen LogP contribution in [0, 0.1) is 5.92 Å². The molecule has 0 aromatic carbocycles. The second-order valence-corrected chi connectivity index (χ2v) is 5.49. The van der Waals surface area contributed by atoms with Crippen molar-refractivity contribution in [2.24, 2.45) is 11.7 Å². The number of carboxylic acids is 1. The molecule has 0 aromatic rings. The molecule has 0 radical (unpaired) electrons. The lowest BCUT2D eigenvalue weighted by Crippen LogP contribution is -2.59. The van der Waals surface area contributed by atoms with Crippen LogP contribution in [-0.2, 0) is 14.3 Å². The summed E-state index contributed by atoms with van der Waals surface area (Å²) in [5.41, 5.74) is 3.69. The summed E-state index contributed by atoms with van der Waals surface area (Å²) in [5, 5.41) is 14.5. The number of rotatable bonds is 7. The second-order valence-electron chi connectivity index (χ2n) is 5.49. The lowest BCUT2D eigenvalue weighted by molar-refractivity contribution is -0.146. The Labute approximate surface area is 123 Å². The van der Waals surface area contributed by atoms with Crippen molar-refractivity contribution in [3.8, 4) is 0 Å². The monoisotopic (exact) mass is 301 g/mol. The van der Waals surface area contributed by atoms with Crippen molar-refractivity contribution in [2.45, 2.75) is 38.1 Å². The van der Waals surface area contributed by atoms with Crippen molar-refractivity contribution in [3.63, 3.8) is 0 Å². The highest BCUT2D eigenvalue weighted by atomic mass is 16.5.